The van der Waals surface area contributed by atoms with Crippen LogP contribution in [0.1, 0.15) is 62.2 Å². The van der Waals surface area contributed by atoms with Gasteiger partial charge in [0.15, 0.2) is 5.78 Å². The Bertz CT molecular complexity index is 320. The predicted molar refractivity (Wildman–Crippen MR) is 78.4 cm³/mol. The molecule has 0 radical (unpaired) electrons. The zero-order valence-electron chi connectivity index (χ0n) is 11.5. The van der Waals surface area contributed by atoms with E-state index in [1.807, 2.05) is 26.2 Å². The molecule has 0 bridgehead atoms. The summed E-state index contributed by atoms with van der Waals surface area (Å²) in [6.45, 7) is 10.2. The second-order valence-electron chi connectivity index (χ2n) is 3.86. The van der Waals surface area contributed by atoms with E-state index in [1.54, 1.807) is 11.3 Å². The first-order valence-corrected chi connectivity index (χ1v) is 7.65. The molecule has 1 aliphatic carbocycles. The SMILES string of the molecule is CC.CCC.Cc1scc(Cl)c1C(=O)C1CC1. The van der Waals surface area contributed by atoms with Crippen LogP contribution in [-0.2, 0) is 0 Å². The molecule has 0 atom stereocenters. The van der Waals surface area contributed by atoms with Crippen molar-refractivity contribution in [3.63, 3.8) is 0 Å². The van der Waals surface area contributed by atoms with Crippen LogP contribution in [0.4, 0.5) is 0 Å². The summed E-state index contributed by atoms with van der Waals surface area (Å²) in [4.78, 5) is 12.7. The van der Waals surface area contributed by atoms with Crippen molar-refractivity contribution in [1.82, 2.24) is 0 Å². The lowest BCUT2D eigenvalue weighted by molar-refractivity contribution is 0.0967. The molecule has 1 aromatic heterocycles. The lowest BCUT2D eigenvalue weighted by atomic mass is 10.1. The van der Waals surface area contributed by atoms with Crippen LogP contribution in [0, 0.1) is 12.8 Å². The van der Waals surface area contributed by atoms with Crippen molar-refractivity contribution in [3.05, 3.63) is 20.8 Å². The monoisotopic (exact) mass is 274 g/mol. The third kappa shape index (κ3) is 5.22. The Morgan fingerprint density at radius 3 is 2.18 bits per heavy atom. The maximum absolute atomic E-state index is 11.6. The number of aryl methyl sites for hydroxylation is 1. The normalized spacial score (nSPS) is 13.1. The van der Waals surface area contributed by atoms with Crippen molar-refractivity contribution in [2.24, 2.45) is 5.92 Å². The van der Waals surface area contributed by atoms with Gasteiger partial charge in [-0.2, -0.15) is 0 Å². The van der Waals surface area contributed by atoms with E-state index < -0.39 is 0 Å². The number of ketones is 1. The highest BCUT2D eigenvalue weighted by molar-refractivity contribution is 7.10. The molecule has 1 aromatic rings. The molecule has 1 nitrogen and oxygen atoms in total. The summed E-state index contributed by atoms with van der Waals surface area (Å²) < 4.78 is 0. The maximum Gasteiger partial charge on any atom is 0.168 e. The average Bonchev–Trinajstić information content (AvgIpc) is 3.10. The minimum absolute atomic E-state index is 0.249. The van der Waals surface area contributed by atoms with Crippen molar-refractivity contribution in [1.29, 1.82) is 0 Å². The topological polar surface area (TPSA) is 17.1 Å². The van der Waals surface area contributed by atoms with Crippen LogP contribution in [0.15, 0.2) is 5.38 Å². The first-order chi connectivity index (χ1) is 8.11. The van der Waals surface area contributed by atoms with Crippen molar-refractivity contribution in [3.8, 4) is 0 Å². The minimum atomic E-state index is 0.249. The fourth-order valence-electron chi connectivity index (χ4n) is 1.27. The maximum atomic E-state index is 11.6. The van der Waals surface area contributed by atoms with Gasteiger partial charge in [-0.05, 0) is 19.8 Å². The van der Waals surface area contributed by atoms with Crippen molar-refractivity contribution >= 4 is 28.7 Å². The highest BCUT2D eigenvalue weighted by atomic mass is 35.5. The van der Waals surface area contributed by atoms with E-state index in [4.69, 9.17) is 11.6 Å². The molecule has 1 aliphatic rings. The van der Waals surface area contributed by atoms with Gasteiger partial charge < -0.3 is 0 Å². The Morgan fingerprint density at radius 2 is 1.88 bits per heavy atom. The smallest absolute Gasteiger partial charge is 0.168 e. The van der Waals surface area contributed by atoms with Crippen molar-refractivity contribution < 1.29 is 4.79 Å². The Kier molecular flexibility index (Phi) is 8.53. The van der Waals surface area contributed by atoms with Crippen LogP contribution >= 0.6 is 22.9 Å². The molecule has 1 fully saturated rings. The molecule has 17 heavy (non-hydrogen) atoms. The van der Waals surface area contributed by atoms with Crippen LogP contribution in [0.25, 0.3) is 0 Å². The average molecular weight is 275 g/mol. The standard InChI is InChI=1S/C9H9ClOS.C3H8.C2H6/c1-5-8(7(10)4-12-5)9(11)6-2-3-6;1-3-2;1-2/h4,6H,2-3H2,1H3;3H2,1-2H3;1-2H3. The predicted octanol–water partition coefficient (Wildman–Crippen LogP) is 5.75. The molecule has 2 rings (SSSR count). The number of halogens is 1. The summed E-state index contributed by atoms with van der Waals surface area (Å²) in [6, 6.07) is 0. The first-order valence-electron chi connectivity index (χ1n) is 6.39. The fourth-order valence-corrected chi connectivity index (χ4v) is 2.42. The highest BCUT2D eigenvalue weighted by Crippen LogP contribution is 2.37. The molecule has 0 unspecified atom stereocenters. The van der Waals surface area contributed by atoms with Gasteiger partial charge in [-0.3, -0.25) is 4.79 Å². The molecular weight excluding hydrogens is 252 g/mol. The van der Waals surface area contributed by atoms with E-state index in [0.717, 1.165) is 23.3 Å². The van der Waals surface area contributed by atoms with Gasteiger partial charge in [0.05, 0.1) is 10.6 Å². The zero-order chi connectivity index (χ0) is 13.4. The summed E-state index contributed by atoms with van der Waals surface area (Å²) in [5.41, 5.74) is 0.768. The molecule has 0 aromatic carbocycles. The van der Waals surface area contributed by atoms with E-state index in [-0.39, 0.29) is 11.7 Å². The Morgan fingerprint density at radius 1 is 1.41 bits per heavy atom. The van der Waals surface area contributed by atoms with Crippen molar-refractivity contribution in [2.75, 3.05) is 0 Å². The second kappa shape index (κ2) is 8.71. The van der Waals surface area contributed by atoms with Gasteiger partial charge in [-0.1, -0.05) is 45.7 Å². The van der Waals surface area contributed by atoms with Crippen LogP contribution in [0.2, 0.25) is 5.02 Å². The van der Waals surface area contributed by atoms with E-state index in [0.29, 0.717) is 5.02 Å². The lowest BCUT2D eigenvalue weighted by Gasteiger charge is -1.97. The number of Topliss-reactive ketones (excluding diaryl/α,β-unsaturated/α-hetero) is 1. The van der Waals surface area contributed by atoms with Crippen LogP contribution < -0.4 is 0 Å². The fraction of sp³-hybridized carbons (Fsp3) is 0.643. The number of thiophene rings is 1. The number of hydrogen-bond acceptors (Lipinski definition) is 2. The number of carbonyl (C=O) groups is 1. The summed E-state index contributed by atoms with van der Waals surface area (Å²) in [5.74, 6) is 0.523. The van der Waals surface area contributed by atoms with Gasteiger partial charge in [0.1, 0.15) is 0 Å². The number of carbonyl (C=O) groups excluding carboxylic acids is 1. The van der Waals surface area contributed by atoms with E-state index >= 15 is 0 Å². The zero-order valence-corrected chi connectivity index (χ0v) is 13.0. The summed E-state index contributed by atoms with van der Waals surface area (Å²) >= 11 is 7.45. The second-order valence-corrected chi connectivity index (χ2v) is 5.35. The number of hydrogen-bond donors (Lipinski definition) is 0. The van der Waals surface area contributed by atoms with Gasteiger partial charge in [0, 0.05) is 16.2 Å². The van der Waals surface area contributed by atoms with Gasteiger partial charge in [-0.25, -0.2) is 0 Å². The van der Waals surface area contributed by atoms with Gasteiger partial charge >= 0.3 is 0 Å². The molecule has 3 heteroatoms. The number of rotatable bonds is 2. The van der Waals surface area contributed by atoms with E-state index in [9.17, 15) is 4.79 Å². The lowest BCUT2D eigenvalue weighted by Crippen LogP contribution is -2.01. The van der Waals surface area contributed by atoms with Crippen LogP contribution in [0.3, 0.4) is 0 Å². The minimum Gasteiger partial charge on any atom is -0.294 e. The molecule has 0 spiro atoms. The van der Waals surface area contributed by atoms with Crippen LogP contribution in [0.5, 0.6) is 0 Å². The van der Waals surface area contributed by atoms with Gasteiger partial charge in [0.25, 0.3) is 0 Å². The molecule has 0 N–H and O–H groups in total. The molecule has 0 aliphatic heterocycles. The molecular formula is C14H23ClOS. The van der Waals surface area contributed by atoms with E-state index in [2.05, 4.69) is 13.8 Å². The molecule has 0 amide bonds. The third-order valence-corrected chi connectivity index (χ3v) is 3.46. The third-order valence-electron chi connectivity index (χ3n) is 2.12. The highest BCUT2D eigenvalue weighted by Gasteiger charge is 2.32. The summed E-state index contributed by atoms with van der Waals surface area (Å²) in [7, 11) is 0. The summed E-state index contributed by atoms with van der Waals surface area (Å²) in [5, 5.41) is 2.47. The Hall–Kier alpha value is -0.340. The molecule has 0 saturated heterocycles. The van der Waals surface area contributed by atoms with Gasteiger partial charge in [-0.15, -0.1) is 11.3 Å². The molecule has 1 saturated carbocycles. The van der Waals surface area contributed by atoms with E-state index in [1.165, 1.54) is 6.42 Å². The largest absolute Gasteiger partial charge is 0.294 e. The van der Waals surface area contributed by atoms with Crippen LogP contribution in [-0.4, -0.2) is 5.78 Å². The van der Waals surface area contributed by atoms with Gasteiger partial charge in [0.2, 0.25) is 0 Å². The molecule has 98 valence electrons. The summed E-state index contributed by atoms with van der Waals surface area (Å²) in [6.07, 6.45) is 3.34. The Labute approximate surface area is 114 Å². The first kappa shape index (κ1) is 16.7. The molecule has 1 heterocycles. The van der Waals surface area contributed by atoms with Crippen molar-refractivity contribution in [2.45, 2.75) is 53.9 Å². The Balaban J connectivity index is 0.000000450. The quantitative estimate of drug-likeness (QED) is 0.628.